The van der Waals surface area contributed by atoms with Gasteiger partial charge in [0.2, 0.25) is 10.0 Å². The van der Waals surface area contributed by atoms with Gasteiger partial charge in [0.25, 0.3) is 0 Å². The van der Waals surface area contributed by atoms with E-state index < -0.39 is 22.0 Å². The van der Waals surface area contributed by atoms with Crippen LogP contribution in [0.4, 0.5) is 0 Å². The van der Waals surface area contributed by atoms with Crippen LogP contribution in [0.2, 0.25) is 0 Å². The second-order valence-corrected chi connectivity index (χ2v) is 5.43. The molecule has 0 radical (unpaired) electrons. The van der Waals surface area contributed by atoms with Crippen molar-refractivity contribution in [2.75, 3.05) is 0 Å². The summed E-state index contributed by atoms with van der Waals surface area (Å²) in [4.78, 5) is 10.9. The molecule has 0 aliphatic carbocycles. The molecule has 5 nitrogen and oxygen atoms in total. The molecular weight excluding hydrogens is 254 g/mol. The number of nitrogens with one attached hydrogen (secondary N) is 1. The van der Waals surface area contributed by atoms with E-state index in [0.717, 1.165) is 0 Å². The zero-order chi connectivity index (χ0) is 13.9. The molecule has 0 aliphatic rings. The van der Waals surface area contributed by atoms with Crippen LogP contribution in [0.15, 0.2) is 23.1 Å². The number of carboxylic acid groups (broad SMARTS) is 1. The monoisotopic (exact) mass is 267 g/mol. The Hall–Kier alpha value is -1.84. The zero-order valence-corrected chi connectivity index (χ0v) is 10.8. The minimum atomic E-state index is -3.81. The fraction of sp³-hybridized carbons (Fsp3) is 0.250. The Morgan fingerprint density at radius 3 is 2.61 bits per heavy atom. The molecule has 0 spiro atoms. The summed E-state index contributed by atoms with van der Waals surface area (Å²) in [6.07, 6.45) is 5.10. The Balaban J connectivity index is 3.31. The summed E-state index contributed by atoms with van der Waals surface area (Å²) in [7, 11) is -3.81. The number of carbonyl (C=O) groups is 1. The van der Waals surface area contributed by atoms with Crippen molar-refractivity contribution in [3.63, 3.8) is 0 Å². The third kappa shape index (κ3) is 2.88. The molecule has 6 heteroatoms. The number of hydrogen-bond donors (Lipinski definition) is 2. The lowest BCUT2D eigenvalue weighted by molar-refractivity contribution is 0.0696. The standard InChI is InChI=1S/C12H13NO4S/c1-4-8(2)13-18(16,17)11-7-5-6-10(9(11)3)12(14)15/h1,5-8,13H,2-3H3,(H,14,15). The molecule has 0 saturated carbocycles. The first kappa shape index (κ1) is 14.2. The van der Waals surface area contributed by atoms with Crippen LogP contribution in [-0.4, -0.2) is 25.5 Å². The van der Waals surface area contributed by atoms with Gasteiger partial charge in [-0.2, -0.15) is 4.72 Å². The lowest BCUT2D eigenvalue weighted by Gasteiger charge is -2.12. The van der Waals surface area contributed by atoms with E-state index in [0.29, 0.717) is 0 Å². The molecule has 96 valence electrons. The highest BCUT2D eigenvalue weighted by Crippen LogP contribution is 2.19. The Labute approximate surface area is 106 Å². The zero-order valence-electron chi connectivity index (χ0n) is 9.97. The molecule has 1 aromatic rings. The molecule has 0 amide bonds. The first-order valence-corrected chi connectivity index (χ1v) is 6.59. The topological polar surface area (TPSA) is 83.5 Å². The van der Waals surface area contributed by atoms with E-state index in [1.54, 1.807) is 0 Å². The van der Waals surface area contributed by atoms with Crippen LogP contribution in [0.3, 0.4) is 0 Å². The highest BCUT2D eigenvalue weighted by Gasteiger charge is 2.21. The number of rotatable bonds is 4. The van der Waals surface area contributed by atoms with E-state index in [9.17, 15) is 13.2 Å². The molecule has 0 aliphatic heterocycles. The molecule has 1 unspecified atom stereocenters. The molecule has 1 atom stereocenters. The quantitative estimate of drug-likeness (QED) is 0.797. The average molecular weight is 267 g/mol. The van der Waals surface area contributed by atoms with Crippen molar-refractivity contribution < 1.29 is 18.3 Å². The SMILES string of the molecule is C#CC(C)NS(=O)(=O)c1cccc(C(=O)O)c1C. The van der Waals surface area contributed by atoms with E-state index in [-0.39, 0.29) is 16.0 Å². The first-order valence-electron chi connectivity index (χ1n) is 5.11. The predicted molar refractivity (Wildman–Crippen MR) is 66.8 cm³/mol. The molecule has 1 rings (SSSR count). The van der Waals surface area contributed by atoms with Gasteiger partial charge in [0.05, 0.1) is 16.5 Å². The fourth-order valence-corrected chi connectivity index (χ4v) is 2.90. The summed E-state index contributed by atoms with van der Waals surface area (Å²) in [6, 6.07) is 3.41. The molecule has 0 bridgehead atoms. The predicted octanol–water partition coefficient (Wildman–Crippen LogP) is 0.993. The Morgan fingerprint density at radius 1 is 1.50 bits per heavy atom. The van der Waals surface area contributed by atoms with Gasteiger partial charge >= 0.3 is 5.97 Å². The second-order valence-electron chi connectivity index (χ2n) is 3.74. The van der Waals surface area contributed by atoms with Crippen molar-refractivity contribution in [3.05, 3.63) is 29.3 Å². The van der Waals surface area contributed by atoms with E-state index in [1.165, 1.54) is 32.0 Å². The molecule has 0 heterocycles. The summed E-state index contributed by atoms with van der Waals surface area (Å²) < 4.78 is 26.3. The third-order valence-corrected chi connectivity index (χ3v) is 4.07. The van der Waals surface area contributed by atoms with Gasteiger partial charge < -0.3 is 5.11 Å². The van der Waals surface area contributed by atoms with Gasteiger partial charge in [-0.25, -0.2) is 13.2 Å². The number of sulfonamides is 1. The van der Waals surface area contributed by atoms with Gasteiger partial charge in [0.15, 0.2) is 0 Å². The van der Waals surface area contributed by atoms with E-state index in [1.807, 2.05) is 0 Å². The van der Waals surface area contributed by atoms with Crippen molar-refractivity contribution in [1.29, 1.82) is 0 Å². The van der Waals surface area contributed by atoms with Crippen LogP contribution in [0.5, 0.6) is 0 Å². The number of terminal acetylenes is 1. The van der Waals surface area contributed by atoms with Gasteiger partial charge in [-0.15, -0.1) is 6.42 Å². The molecule has 1 aromatic carbocycles. The van der Waals surface area contributed by atoms with Crippen LogP contribution in [0.25, 0.3) is 0 Å². The van der Waals surface area contributed by atoms with Gasteiger partial charge in [-0.3, -0.25) is 0 Å². The van der Waals surface area contributed by atoms with E-state index in [2.05, 4.69) is 10.6 Å². The maximum absolute atomic E-state index is 12.0. The molecule has 0 saturated heterocycles. The minimum absolute atomic E-state index is 0.0498. The first-order chi connectivity index (χ1) is 8.29. The molecule has 0 fully saturated rings. The Morgan fingerprint density at radius 2 is 2.11 bits per heavy atom. The number of carboxylic acids is 1. The van der Waals surface area contributed by atoms with E-state index >= 15 is 0 Å². The number of aromatic carboxylic acids is 1. The number of hydrogen-bond acceptors (Lipinski definition) is 3. The maximum atomic E-state index is 12.0. The average Bonchev–Trinajstić information content (AvgIpc) is 2.27. The molecular formula is C12H13NO4S. The summed E-state index contributed by atoms with van der Waals surface area (Å²) in [5.41, 5.74) is 0.132. The number of benzene rings is 1. The Bertz CT molecular complexity index is 613. The van der Waals surface area contributed by atoms with Crippen LogP contribution >= 0.6 is 0 Å². The maximum Gasteiger partial charge on any atom is 0.335 e. The fourth-order valence-electron chi connectivity index (χ4n) is 1.47. The van der Waals surface area contributed by atoms with Crippen molar-refractivity contribution in [2.45, 2.75) is 24.8 Å². The highest BCUT2D eigenvalue weighted by molar-refractivity contribution is 7.89. The van der Waals surface area contributed by atoms with Crippen molar-refractivity contribution >= 4 is 16.0 Å². The van der Waals surface area contributed by atoms with Crippen LogP contribution in [0, 0.1) is 19.3 Å². The lowest BCUT2D eigenvalue weighted by Crippen LogP contribution is -2.32. The molecule has 0 aromatic heterocycles. The highest BCUT2D eigenvalue weighted by atomic mass is 32.2. The van der Waals surface area contributed by atoms with Gasteiger partial charge in [0, 0.05) is 0 Å². The second kappa shape index (κ2) is 5.21. The van der Waals surface area contributed by atoms with Crippen LogP contribution < -0.4 is 4.72 Å². The van der Waals surface area contributed by atoms with Crippen molar-refractivity contribution in [1.82, 2.24) is 4.72 Å². The summed E-state index contributed by atoms with van der Waals surface area (Å²) >= 11 is 0. The summed E-state index contributed by atoms with van der Waals surface area (Å²) in [6.45, 7) is 2.96. The van der Waals surface area contributed by atoms with Gasteiger partial charge in [-0.1, -0.05) is 12.0 Å². The molecule has 18 heavy (non-hydrogen) atoms. The molecule has 2 N–H and O–H groups in total. The van der Waals surface area contributed by atoms with Crippen molar-refractivity contribution in [3.8, 4) is 12.3 Å². The van der Waals surface area contributed by atoms with Gasteiger partial charge in [0.1, 0.15) is 0 Å². The normalized spacial score (nSPS) is 12.7. The van der Waals surface area contributed by atoms with Crippen molar-refractivity contribution in [2.24, 2.45) is 0 Å². The Kier molecular flexibility index (Phi) is 4.11. The van der Waals surface area contributed by atoms with Crippen LogP contribution in [0.1, 0.15) is 22.8 Å². The third-order valence-electron chi connectivity index (χ3n) is 2.39. The summed E-state index contributed by atoms with van der Waals surface area (Å²) in [5, 5.41) is 8.94. The summed E-state index contributed by atoms with van der Waals surface area (Å²) in [5.74, 6) is 1.07. The smallest absolute Gasteiger partial charge is 0.335 e. The largest absolute Gasteiger partial charge is 0.478 e. The minimum Gasteiger partial charge on any atom is -0.478 e. The lowest BCUT2D eigenvalue weighted by atomic mass is 10.1. The van der Waals surface area contributed by atoms with Crippen LogP contribution in [-0.2, 0) is 10.0 Å². The van der Waals surface area contributed by atoms with Gasteiger partial charge in [-0.05, 0) is 31.5 Å². The van der Waals surface area contributed by atoms with E-state index in [4.69, 9.17) is 11.5 Å².